The van der Waals surface area contributed by atoms with Gasteiger partial charge in [-0.15, -0.1) is 0 Å². The summed E-state index contributed by atoms with van der Waals surface area (Å²) in [7, 11) is 0. The van der Waals surface area contributed by atoms with Gasteiger partial charge in [0.05, 0.1) is 28.9 Å². The highest BCUT2D eigenvalue weighted by molar-refractivity contribution is 5.89. The molecule has 3 aromatic rings. The molecule has 35 heavy (non-hydrogen) atoms. The number of hydrogen-bond acceptors (Lipinski definition) is 3. The Kier molecular flexibility index (Phi) is 6.30. The summed E-state index contributed by atoms with van der Waals surface area (Å²) in [4.78, 5) is 33.3. The van der Waals surface area contributed by atoms with Crippen molar-refractivity contribution in [3.8, 4) is 0 Å². The molecule has 0 fully saturated rings. The molecule has 0 unspecified atom stereocenters. The fourth-order valence-corrected chi connectivity index (χ4v) is 3.81. The number of halogens is 6. The van der Waals surface area contributed by atoms with Gasteiger partial charge in [-0.1, -0.05) is 18.2 Å². The maximum atomic E-state index is 13.3. The van der Waals surface area contributed by atoms with Crippen LogP contribution in [0.2, 0.25) is 0 Å². The molecule has 1 aromatic heterocycles. The lowest BCUT2D eigenvalue weighted by Crippen LogP contribution is -2.42. The molecule has 0 radical (unpaired) electrons. The molecule has 0 saturated carbocycles. The Morgan fingerprint density at radius 1 is 1.00 bits per heavy atom. The van der Waals surface area contributed by atoms with E-state index >= 15 is 0 Å². The largest absolute Gasteiger partial charge is 0.416 e. The Morgan fingerprint density at radius 3 is 2.34 bits per heavy atom. The van der Waals surface area contributed by atoms with E-state index in [1.54, 1.807) is 0 Å². The van der Waals surface area contributed by atoms with E-state index < -0.39 is 35.1 Å². The first-order valence-electron chi connectivity index (χ1n) is 10.4. The number of aromatic amines is 1. The highest BCUT2D eigenvalue weighted by atomic mass is 19.4. The van der Waals surface area contributed by atoms with Gasteiger partial charge in [0.1, 0.15) is 5.82 Å². The number of benzene rings is 2. The zero-order valence-corrected chi connectivity index (χ0v) is 17.9. The summed E-state index contributed by atoms with van der Waals surface area (Å²) >= 11 is 0. The lowest BCUT2D eigenvalue weighted by atomic mass is 10.0. The number of nitrogens with one attached hydrogen (secondary N) is 2. The average Bonchev–Trinajstić information content (AvgIpc) is 2.78. The number of amides is 2. The van der Waals surface area contributed by atoms with Crippen molar-refractivity contribution in [3.63, 3.8) is 0 Å². The van der Waals surface area contributed by atoms with Crippen LogP contribution < -0.4 is 10.9 Å². The standard InChI is InChI=1S/C23H18F6N4O2/c24-22(25,26)14-5-7-15(8-6-14)30-21(35)33-10-9-18-16(12-33)20(34)32-19(31-18)11-13-3-1-2-4-17(13)23(27,28)29/h1-8H,9-12H2,(H,30,35)(H,31,32,34). The number of carbonyl (C=O) groups excluding carboxylic acids is 1. The SMILES string of the molecule is O=C(Nc1ccc(C(F)(F)F)cc1)N1CCc2nc(Cc3ccccc3C(F)(F)F)[nH]c(=O)c2C1. The van der Waals surface area contributed by atoms with Crippen molar-refractivity contribution in [2.75, 3.05) is 11.9 Å². The first-order valence-corrected chi connectivity index (χ1v) is 10.4. The van der Waals surface area contributed by atoms with Crippen LogP contribution in [-0.4, -0.2) is 27.4 Å². The topological polar surface area (TPSA) is 78.1 Å². The number of urea groups is 1. The predicted molar refractivity (Wildman–Crippen MR) is 114 cm³/mol. The van der Waals surface area contributed by atoms with Crippen molar-refractivity contribution in [1.29, 1.82) is 0 Å². The maximum absolute atomic E-state index is 13.3. The van der Waals surface area contributed by atoms with Gasteiger partial charge in [0, 0.05) is 25.1 Å². The van der Waals surface area contributed by atoms with Crippen LogP contribution in [0.1, 0.15) is 33.8 Å². The Morgan fingerprint density at radius 2 is 1.69 bits per heavy atom. The van der Waals surface area contributed by atoms with Crippen molar-refractivity contribution in [2.24, 2.45) is 0 Å². The molecule has 2 aromatic carbocycles. The van der Waals surface area contributed by atoms with Crippen molar-refractivity contribution in [3.05, 3.63) is 92.7 Å². The van der Waals surface area contributed by atoms with Gasteiger partial charge in [0.2, 0.25) is 0 Å². The Balaban J connectivity index is 1.48. The van der Waals surface area contributed by atoms with E-state index in [4.69, 9.17) is 0 Å². The Bertz CT molecular complexity index is 1300. The third-order valence-corrected chi connectivity index (χ3v) is 5.55. The van der Waals surface area contributed by atoms with E-state index in [-0.39, 0.29) is 48.6 Å². The molecule has 1 aliphatic rings. The van der Waals surface area contributed by atoms with Crippen LogP contribution in [0.3, 0.4) is 0 Å². The number of rotatable bonds is 3. The minimum absolute atomic E-state index is 0.0311. The van der Waals surface area contributed by atoms with Crippen LogP contribution in [0, 0.1) is 0 Å². The first kappa shape index (κ1) is 24.3. The molecule has 12 heteroatoms. The highest BCUT2D eigenvalue weighted by Gasteiger charge is 2.33. The molecule has 0 atom stereocenters. The minimum atomic E-state index is -4.55. The normalized spacial score (nSPS) is 13.9. The monoisotopic (exact) mass is 496 g/mol. The van der Waals surface area contributed by atoms with Gasteiger partial charge < -0.3 is 15.2 Å². The van der Waals surface area contributed by atoms with E-state index in [0.29, 0.717) is 5.69 Å². The Labute approximate surface area is 194 Å². The van der Waals surface area contributed by atoms with Gasteiger partial charge in [-0.05, 0) is 35.9 Å². The molecule has 6 nitrogen and oxygen atoms in total. The lowest BCUT2D eigenvalue weighted by Gasteiger charge is -2.28. The molecule has 0 spiro atoms. The van der Waals surface area contributed by atoms with Gasteiger partial charge in [0.15, 0.2) is 0 Å². The van der Waals surface area contributed by atoms with Gasteiger partial charge in [0.25, 0.3) is 5.56 Å². The van der Waals surface area contributed by atoms with E-state index in [1.807, 2.05) is 0 Å². The molecule has 0 aliphatic carbocycles. The molecule has 0 bridgehead atoms. The van der Waals surface area contributed by atoms with E-state index in [0.717, 1.165) is 30.3 Å². The second-order valence-corrected chi connectivity index (χ2v) is 7.95. The molecule has 184 valence electrons. The van der Waals surface area contributed by atoms with Crippen molar-refractivity contribution in [2.45, 2.75) is 31.7 Å². The number of aromatic nitrogens is 2. The molecule has 2 amide bonds. The van der Waals surface area contributed by atoms with Crippen molar-refractivity contribution in [1.82, 2.24) is 14.9 Å². The number of anilines is 1. The zero-order chi connectivity index (χ0) is 25.4. The van der Waals surface area contributed by atoms with E-state index in [1.165, 1.54) is 23.1 Å². The van der Waals surface area contributed by atoms with Gasteiger partial charge in [-0.25, -0.2) is 9.78 Å². The third-order valence-electron chi connectivity index (χ3n) is 5.55. The summed E-state index contributed by atoms with van der Waals surface area (Å²) in [5.74, 6) is 0.0769. The summed E-state index contributed by atoms with van der Waals surface area (Å²) < 4.78 is 77.9. The fraction of sp³-hybridized carbons (Fsp3) is 0.261. The Hall–Kier alpha value is -3.83. The predicted octanol–water partition coefficient (Wildman–Crippen LogP) is 4.99. The second-order valence-electron chi connectivity index (χ2n) is 7.95. The number of nitrogens with zero attached hydrogens (tertiary/aromatic N) is 2. The van der Waals surface area contributed by atoms with Crippen LogP contribution in [0.5, 0.6) is 0 Å². The maximum Gasteiger partial charge on any atom is 0.416 e. The summed E-state index contributed by atoms with van der Waals surface area (Å²) in [6.45, 7) is 0.0536. The quantitative estimate of drug-likeness (QED) is 0.502. The number of fused-ring (bicyclic) bond motifs is 1. The molecule has 2 N–H and O–H groups in total. The fourth-order valence-electron chi connectivity index (χ4n) is 3.81. The first-order chi connectivity index (χ1) is 16.4. The molecular weight excluding hydrogens is 478 g/mol. The van der Waals surface area contributed by atoms with Crippen LogP contribution in [0.15, 0.2) is 53.3 Å². The smallest absolute Gasteiger partial charge is 0.320 e. The summed E-state index contributed by atoms with van der Waals surface area (Å²) in [6.07, 6.45) is -9.09. The highest BCUT2D eigenvalue weighted by Crippen LogP contribution is 2.33. The minimum Gasteiger partial charge on any atom is -0.320 e. The van der Waals surface area contributed by atoms with Gasteiger partial charge >= 0.3 is 18.4 Å². The van der Waals surface area contributed by atoms with Gasteiger partial charge in [-0.3, -0.25) is 4.79 Å². The van der Waals surface area contributed by atoms with Crippen molar-refractivity contribution < 1.29 is 31.1 Å². The second kappa shape index (κ2) is 9.08. The van der Waals surface area contributed by atoms with Crippen molar-refractivity contribution >= 4 is 11.7 Å². The summed E-state index contributed by atoms with van der Waals surface area (Å²) in [5.41, 5.74) is -1.53. The van der Waals surface area contributed by atoms with E-state index in [2.05, 4.69) is 15.3 Å². The third kappa shape index (κ3) is 5.47. The van der Waals surface area contributed by atoms with Gasteiger partial charge in [-0.2, -0.15) is 26.3 Å². The number of alkyl halides is 6. The van der Waals surface area contributed by atoms with Crippen LogP contribution in [0.25, 0.3) is 0 Å². The van der Waals surface area contributed by atoms with Crippen LogP contribution in [0.4, 0.5) is 36.8 Å². The zero-order valence-electron chi connectivity index (χ0n) is 17.9. The molecule has 0 saturated heterocycles. The summed E-state index contributed by atoms with van der Waals surface area (Å²) in [5, 5.41) is 2.49. The van der Waals surface area contributed by atoms with Crippen LogP contribution in [-0.2, 0) is 31.7 Å². The number of carbonyl (C=O) groups is 1. The van der Waals surface area contributed by atoms with Crippen LogP contribution >= 0.6 is 0 Å². The molecule has 4 rings (SSSR count). The van der Waals surface area contributed by atoms with E-state index in [9.17, 15) is 35.9 Å². The molecule has 2 heterocycles. The average molecular weight is 496 g/mol. The summed E-state index contributed by atoms with van der Waals surface area (Å²) in [6, 6.07) is 8.33. The number of H-pyrrole nitrogens is 1. The number of hydrogen-bond donors (Lipinski definition) is 2. The molecular formula is C23H18F6N4O2. The lowest BCUT2D eigenvalue weighted by molar-refractivity contribution is -0.138. The molecule has 1 aliphatic heterocycles.